The highest BCUT2D eigenvalue weighted by Crippen LogP contribution is 2.28. The molecule has 0 aliphatic heterocycles. The van der Waals surface area contributed by atoms with Gasteiger partial charge in [-0.1, -0.05) is 58.7 Å². The minimum Gasteiger partial charge on any atom is -0.292 e. The summed E-state index contributed by atoms with van der Waals surface area (Å²) in [6.07, 6.45) is 7.75. The van der Waals surface area contributed by atoms with Crippen molar-refractivity contribution in [2.24, 2.45) is 7.05 Å². The van der Waals surface area contributed by atoms with Gasteiger partial charge in [0.1, 0.15) is 17.2 Å². The van der Waals surface area contributed by atoms with Crippen molar-refractivity contribution in [3.8, 4) is 11.3 Å². The Morgan fingerprint density at radius 2 is 1.79 bits per heavy atom. The fourth-order valence-electron chi connectivity index (χ4n) is 2.87. The van der Waals surface area contributed by atoms with Crippen LogP contribution in [0.15, 0.2) is 48.9 Å². The zero-order chi connectivity index (χ0) is 25.7. The first kappa shape index (κ1) is 29.0. The van der Waals surface area contributed by atoms with Crippen LogP contribution < -0.4 is 0 Å². The van der Waals surface area contributed by atoms with Crippen molar-refractivity contribution in [3.63, 3.8) is 0 Å². The Bertz CT molecular complexity index is 1150. The van der Waals surface area contributed by atoms with E-state index < -0.39 is 5.82 Å². The van der Waals surface area contributed by atoms with E-state index in [1.807, 2.05) is 47.1 Å². The molecule has 0 aliphatic carbocycles. The van der Waals surface area contributed by atoms with E-state index >= 15 is 0 Å². The van der Waals surface area contributed by atoms with E-state index in [-0.39, 0.29) is 10.8 Å². The van der Waals surface area contributed by atoms with Crippen LogP contribution in [0, 0.1) is 12.7 Å². The number of halogens is 2. The summed E-state index contributed by atoms with van der Waals surface area (Å²) < 4.78 is 17.1. The van der Waals surface area contributed by atoms with Crippen LogP contribution in [-0.4, -0.2) is 30.2 Å². The third kappa shape index (κ3) is 8.06. The number of nitrogens with zero attached hydrogens (tertiary/aromatic N) is 5. The highest BCUT2D eigenvalue weighted by Gasteiger charge is 2.21. The highest BCUT2D eigenvalue weighted by molar-refractivity contribution is 6.30. The number of benzene rings is 1. The average molecular weight is 488 g/mol. The van der Waals surface area contributed by atoms with Gasteiger partial charge in [-0.15, -0.1) is 0 Å². The summed E-state index contributed by atoms with van der Waals surface area (Å²) in [4.78, 5) is 16.7. The fraction of sp³-hybridized carbons (Fsp3) is 0.385. The summed E-state index contributed by atoms with van der Waals surface area (Å²) in [5.41, 5.74) is 3.08. The minimum absolute atomic E-state index is 0.0342. The lowest BCUT2D eigenvalue weighted by Crippen LogP contribution is -2.02. The molecule has 0 unspecified atom stereocenters. The maximum atomic E-state index is 13.8. The monoisotopic (exact) mass is 487 g/mol. The summed E-state index contributed by atoms with van der Waals surface area (Å²) in [5.74, 6) is -0.628. The van der Waals surface area contributed by atoms with Crippen molar-refractivity contribution in [3.05, 3.63) is 71.0 Å². The van der Waals surface area contributed by atoms with Crippen LogP contribution in [0.1, 0.15) is 69.9 Å². The van der Waals surface area contributed by atoms with E-state index in [9.17, 15) is 9.18 Å². The lowest BCUT2D eigenvalue weighted by Gasteiger charge is -2.05. The Morgan fingerprint density at radius 3 is 2.29 bits per heavy atom. The molecule has 0 bridgehead atoms. The van der Waals surface area contributed by atoms with Crippen molar-refractivity contribution in [2.75, 3.05) is 0 Å². The third-order valence-electron chi connectivity index (χ3n) is 4.16. The van der Waals surface area contributed by atoms with Gasteiger partial charge < -0.3 is 0 Å². The van der Waals surface area contributed by atoms with Crippen LogP contribution in [-0.2, 0) is 7.05 Å². The predicted molar refractivity (Wildman–Crippen MR) is 138 cm³/mol. The number of hydrogen-bond donors (Lipinski definition) is 0. The number of imidazole rings is 1. The van der Waals surface area contributed by atoms with Gasteiger partial charge in [-0.05, 0) is 43.2 Å². The smallest absolute Gasteiger partial charge is 0.183 e. The number of carbonyl (C=O) groups is 1. The molecular formula is C26H35ClFN5O. The van der Waals surface area contributed by atoms with Crippen molar-refractivity contribution < 1.29 is 9.18 Å². The second-order valence-corrected chi connectivity index (χ2v) is 7.71. The van der Waals surface area contributed by atoms with Crippen LogP contribution in [0.3, 0.4) is 0 Å². The van der Waals surface area contributed by atoms with Gasteiger partial charge in [0.25, 0.3) is 0 Å². The zero-order valence-corrected chi connectivity index (χ0v) is 21.9. The summed E-state index contributed by atoms with van der Waals surface area (Å²) in [5, 5.41) is 8.19. The largest absolute Gasteiger partial charge is 0.292 e. The number of fused-ring (bicyclic) bond motifs is 1. The first-order chi connectivity index (χ1) is 16.3. The number of hydrogen-bond acceptors (Lipinski definition) is 4. The Balaban J connectivity index is 0.000000400. The van der Waals surface area contributed by atoms with Gasteiger partial charge in [-0.2, -0.15) is 10.2 Å². The molecule has 3 heterocycles. The van der Waals surface area contributed by atoms with E-state index in [1.165, 1.54) is 24.1 Å². The maximum Gasteiger partial charge on any atom is 0.183 e. The molecule has 1 aromatic carbocycles. The van der Waals surface area contributed by atoms with Crippen LogP contribution in [0.25, 0.3) is 16.9 Å². The second-order valence-electron chi connectivity index (χ2n) is 7.30. The SMILES string of the molecule is CC.CCC.CCCC(=O)c1nc2cccnn2c1-c1ccc(Cl)c(F)c1.Cc1cnn(C)c1. The summed E-state index contributed by atoms with van der Waals surface area (Å²) in [7, 11) is 1.91. The Labute approximate surface area is 206 Å². The summed E-state index contributed by atoms with van der Waals surface area (Å²) in [6, 6.07) is 7.91. The van der Waals surface area contributed by atoms with E-state index in [2.05, 4.69) is 29.0 Å². The molecule has 0 saturated heterocycles. The Kier molecular flexibility index (Phi) is 12.7. The fourth-order valence-corrected chi connectivity index (χ4v) is 2.99. The third-order valence-corrected chi connectivity index (χ3v) is 4.47. The summed E-state index contributed by atoms with van der Waals surface area (Å²) in [6.45, 7) is 12.2. The molecule has 34 heavy (non-hydrogen) atoms. The topological polar surface area (TPSA) is 65.1 Å². The maximum absolute atomic E-state index is 13.8. The molecule has 4 rings (SSSR count). The Morgan fingerprint density at radius 1 is 1.12 bits per heavy atom. The summed E-state index contributed by atoms with van der Waals surface area (Å²) >= 11 is 5.73. The van der Waals surface area contributed by atoms with Crippen molar-refractivity contribution in [1.82, 2.24) is 24.4 Å². The minimum atomic E-state index is -0.543. The van der Waals surface area contributed by atoms with Crippen molar-refractivity contribution >= 4 is 23.0 Å². The lowest BCUT2D eigenvalue weighted by molar-refractivity contribution is 0.0978. The van der Waals surface area contributed by atoms with Crippen molar-refractivity contribution in [1.29, 1.82) is 0 Å². The second kappa shape index (κ2) is 15.0. The van der Waals surface area contributed by atoms with Crippen LogP contribution in [0.2, 0.25) is 5.02 Å². The molecule has 0 atom stereocenters. The molecule has 0 amide bonds. The molecule has 0 N–H and O–H groups in total. The van der Waals surface area contributed by atoms with Crippen LogP contribution in [0.5, 0.6) is 0 Å². The number of ketones is 1. The molecule has 0 saturated carbocycles. The standard InChI is InChI=1S/C16H13ClFN3O.C5H8N2.C3H8.C2H6/c1-2-4-13(22)15-16(10-6-7-11(17)12(18)9-10)21-14(20-15)5-3-8-19-21;1-5-3-6-7(2)4-5;1-3-2;1-2/h3,5-9H,2,4H2,1H3;3-4H,1-2H3;3H2,1-2H3;1-2H3. The first-order valence-corrected chi connectivity index (χ1v) is 12.0. The zero-order valence-electron chi connectivity index (χ0n) is 21.1. The number of Topliss-reactive ketones (excluding diaryl/α,β-unsaturated/α-hetero) is 1. The van der Waals surface area contributed by atoms with E-state index in [1.54, 1.807) is 33.6 Å². The number of rotatable bonds is 4. The highest BCUT2D eigenvalue weighted by atomic mass is 35.5. The predicted octanol–water partition coefficient (Wildman–Crippen LogP) is 7.34. The van der Waals surface area contributed by atoms with Crippen LogP contribution >= 0.6 is 11.6 Å². The number of aryl methyl sites for hydroxylation is 2. The molecule has 0 radical (unpaired) electrons. The van der Waals surface area contributed by atoms with Gasteiger partial charge >= 0.3 is 0 Å². The van der Waals surface area contributed by atoms with E-state index in [4.69, 9.17) is 11.6 Å². The normalized spacial score (nSPS) is 9.79. The molecule has 0 fully saturated rings. The molecule has 4 aromatic rings. The number of aromatic nitrogens is 5. The van der Waals surface area contributed by atoms with Gasteiger partial charge in [0.15, 0.2) is 11.4 Å². The van der Waals surface area contributed by atoms with Gasteiger partial charge in [-0.25, -0.2) is 13.9 Å². The molecule has 3 aromatic heterocycles. The molecular weight excluding hydrogens is 453 g/mol. The first-order valence-electron chi connectivity index (χ1n) is 11.6. The average Bonchev–Trinajstić information content (AvgIpc) is 3.40. The molecule has 184 valence electrons. The van der Waals surface area contributed by atoms with Gasteiger partial charge in [0.2, 0.25) is 0 Å². The molecule has 6 nitrogen and oxygen atoms in total. The molecule has 0 aliphatic rings. The lowest BCUT2D eigenvalue weighted by atomic mass is 10.1. The van der Waals surface area contributed by atoms with E-state index in [0.29, 0.717) is 35.4 Å². The van der Waals surface area contributed by atoms with E-state index in [0.717, 1.165) is 0 Å². The van der Waals surface area contributed by atoms with Crippen LogP contribution in [0.4, 0.5) is 4.39 Å². The van der Waals surface area contributed by atoms with Gasteiger partial charge in [0.05, 0.1) is 11.2 Å². The quantitative estimate of drug-likeness (QED) is 0.282. The van der Waals surface area contributed by atoms with Gasteiger partial charge in [-0.3, -0.25) is 9.48 Å². The molecule has 8 heteroatoms. The Hall–Kier alpha value is -3.06. The van der Waals surface area contributed by atoms with Crippen molar-refractivity contribution in [2.45, 2.75) is 60.8 Å². The molecule has 0 spiro atoms. The number of carbonyl (C=O) groups excluding carboxylic acids is 1. The van der Waals surface area contributed by atoms with Gasteiger partial charge in [0, 0.05) is 31.4 Å².